The minimum atomic E-state index is 0.805. The first-order chi connectivity index (χ1) is 9.69. The molecule has 2 aromatic rings. The Kier molecular flexibility index (Phi) is 5.44. The van der Waals surface area contributed by atoms with Gasteiger partial charge in [-0.1, -0.05) is 6.92 Å². The van der Waals surface area contributed by atoms with Crippen molar-refractivity contribution in [3.8, 4) is 0 Å². The Labute approximate surface area is 120 Å². The molecule has 0 radical (unpaired) electrons. The van der Waals surface area contributed by atoms with E-state index in [4.69, 9.17) is 8.83 Å². The first-order valence-corrected chi connectivity index (χ1v) is 7.17. The molecule has 0 aliphatic heterocycles. The van der Waals surface area contributed by atoms with Gasteiger partial charge in [0.25, 0.3) is 0 Å². The van der Waals surface area contributed by atoms with Crippen LogP contribution in [0.3, 0.4) is 0 Å². The first kappa shape index (κ1) is 14.9. The zero-order chi connectivity index (χ0) is 14.4. The van der Waals surface area contributed by atoms with Crippen molar-refractivity contribution in [1.82, 2.24) is 10.2 Å². The lowest BCUT2D eigenvalue weighted by Crippen LogP contribution is -2.16. The number of aryl methyl sites for hydroxylation is 1. The molecule has 0 bridgehead atoms. The largest absolute Gasteiger partial charge is 0.472 e. The summed E-state index contributed by atoms with van der Waals surface area (Å²) in [6, 6.07) is 4.15. The molecule has 4 heteroatoms. The Morgan fingerprint density at radius 3 is 2.85 bits per heavy atom. The van der Waals surface area contributed by atoms with Gasteiger partial charge in [0.1, 0.15) is 11.5 Å². The van der Waals surface area contributed by atoms with E-state index in [9.17, 15) is 0 Å². The number of hydrogen-bond donors (Lipinski definition) is 1. The van der Waals surface area contributed by atoms with Crippen molar-refractivity contribution in [3.05, 3.63) is 47.3 Å². The number of nitrogens with one attached hydrogen (secondary N) is 1. The van der Waals surface area contributed by atoms with Gasteiger partial charge in [0.15, 0.2) is 0 Å². The molecule has 2 heterocycles. The van der Waals surface area contributed by atoms with Crippen LogP contribution in [-0.2, 0) is 19.6 Å². The third-order valence-corrected chi connectivity index (χ3v) is 3.27. The number of rotatable bonds is 8. The summed E-state index contributed by atoms with van der Waals surface area (Å²) in [4.78, 5) is 2.21. The maximum atomic E-state index is 5.83. The van der Waals surface area contributed by atoms with Crippen LogP contribution in [0, 0.1) is 6.92 Å². The van der Waals surface area contributed by atoms with Gasteiger partial charge in [-0.25, -0.2) is 0 Å². The van der Waals surface area contributed by atoms with E-state index in [1.165, 1.54) is 11.1 Å². The van der Waals surface area contributed by atoms with Crippen LogP contribution in [0.4, 0.5) is 0 Å². The van der Waals surface area contributed by atoms with Crippen molar-refractivity contribution in [2.75, 3.05) is 13.6 Å². The second kappa shape index (κ2) is 7.31. The predicted octanol–water partition coefficient (Wildman–Crippen LogP) is 3.31. The highest BCUT2D eigenvalue weighted by Gasteiger charge is 2.10. The fourth-order valence-electron chi connectivity index (χ4n) is 2.26. The minimum absolute atomic E-state index is 0.805. The molecule has 0 unspecified atom stereocenters. The van der Waals surface area contributed by atoms with Gasteiger partial charge in [-0.2, -0.15) is 0 Å². The summed E-state index contributed by atoms with van der Waals surface area (Å²) < 4.78 is 10.9. The van der Waals surface area contributed by atoms with E-state index in [0.717, 1.165) is 44.1 Å². The molecular formula is C16H24N2O2. The van der Waals surface area contributed by atoms with Crippen LogP contribution < -0.4 is 5.32 Å². The Balaban J connectivity index is 1.87. The van der Waals surface area contributed by atoms with Gasteiger partial charge in [0.2, 0.25) is 0 Å². The summed E-state index contributed by atoms with van der Waals surface area (Å²) in [6.07, 6.45) is 4.64. The lowest BCUT2D eigenvalue weighted by Gasteiger charge is -2.13. The highest BCUT2D eigenvalue weighted by Crippen LogP contribution is 2.17. The molecule has 0 saturated heterocycles. The second-order valence-electron chi connectivity index (χ2n) is 5.27. The van der Waals surface area contributed by atoms with Gasteiger partial charge >= 0.3 is 0 Å². The molecule has 2 aromatic heterocycles. The van der Waals surface area contributed by atoms with E-state index in [-0.39, 0.29) is 0 Å². The molecule has 1 N–H and O–H groups in total. The average molecular weight is 276 g/mol. The van der Waals surface area contributed by atoms with Gasteiger partial charge < -0.3 is 14.2 Å². The fourth-order valence-corrected chi connectivity index (χ4v) is 2.26. The molecule has 0 aliphatic rings. The van der Waals surface area contributed by atoms with Crippen LogP contribution >= 0.6 is 0 Å². The van der Waals surface area contributed by atoms with Crippen molar-refractivity contribution in [3.63, 3.8) is 0 Å². The highest BCUT2D eigenvalue weighted by atomic mass is 16.3. The summed E-state index contributed by atoms with van der Waals surface area (Å²) in [5.41, 5.74) is 2.44. The summed E-state index contributed by atoms with van der Waals surface area (Å²) >= 11 is 0. The van der Waals surface area contributed by atoms with Gasteiger partial charge in [-0.3, -0.25) is 4.90 Å². The summed E-state index contributed by atoms with van der Waals surface area (Å²) in [5, 5.41) is 3.41. The lowest BCUT2D eigenvalue weighted by atomic mass is 10.2. The monoisotopic (exact) mass is 276 g/mol. The maximum Gasteiger partial charge on any atom is 0.118 e. The van der Waals surface area contributed by atoms with Gasteiger partial charge in [0.05, 0.1) is 19.1 Å². The summed E-state index contributed by atoms with van der Waals surface area (Å²) in [7, 11) is 2.08. The van der Waals surface area contributed by atoms with Crippen LogP contribution in [0.1, 0.15) is 36.0 Å². The van der Waals surface area contributed by atoms with Gasteiger partial charge in [-0.05, 0) is 39.1 Å². The predicted molar refractivity (Wildman–Crippen MR) is 79.3 cm³/mol. The highest BCUT2D eigenvalue weighted by molar-refractivity contribution is 5.20. The van der Waals surface area contributed by atoms with Crippen LogP contribution in [0.15, 0.2) is 33.5 Å². The summed E-state index contributed by atoms with van der Waals surface area (Å²) in [6.45, 7) is 7.79. The Hall–Kier alpha value is -1.52. The third kappa shape index (κ3) is 4.25. The molecule has 4 nitrogen and oxygen atoms in total. The Bertz CT molecular complexity index is 503. The van der Waals surface area contributed by atoms with Gasteiger partial charge in [0, 0.05) is 24.2 Å². The topological polar surface area (TPSA) is 41.5 Å². The van der Waals surface area contributed by atoms with E-state index < -0.39 is 0 Å². The zero-order valence-electron chi connectivity index (χ0n) is 12.6. The van der Waals surface area contributed by atoms with Crippen LogP contribution in [0.25, 0.3) is 0 Å². The molecule has 0 amide bonds. The van der Waals surface area contributed by atoms with E-state index in [1.807, 2.05) is 13.0 Å². The van der Waals surface area contributed by atoms with Crippen molar-refractivity contribution < 1.29 is 8.83 Å². The van der Waals surface area contributed by atoms with Crippen LogP contribution in [0.2, 0.25) is 0 Å². The van der Waals surface area contributed by atoms with Crippen molar-refractivity contribution >= 4 is 0 Å². The van der Waals surface area contributed by atoms with Gasteiger partial charge in [-0.15, -0.1) is 0 Å². The quantitative estimate of drug-likeness (QED) is 0.751. The van der Waals surface area contributed by atoms with E-state index in [2.05, 4.69) is 30.3 Å². The third-order valence-electron chi connectivity index (χ3n) is 3.27. The Morgan fingerprint density at radius 2 is 2.15 bits per heavy atom. The first-order valence-electron chi connectivity index (χ1n) is 7.17. The van der Waals surface area contributed by atoms with E-state index in [0.29, 0.717) is 0 Å². The van der Waals surface area contributed by atoms with E-state index >= 15 is 0 Å². The number of nitrogens with zero attached hydrogens (tertiary/aromatic N) is 1. The molecule has 0 aliphatic carbocycles. The van der Waals surface area contributed by atoms with Crippen LogP contribution in [-0.4, -0.2) is 18.5 Å². The fraction of sp³-hybridized carbons (Fsp3) is 0.500. The maximum absolute atomic E-state index is 5.83. The SMILES string of the molecule is CCCNCc1cc(CN(C)Cc2ccoc2)oc1C. The minimum Gasteiger partial charge on any atom is -0.472 e. The molecule has 110 valence electrons. The lowest BCUT2D eigenvalue weighted by molar-refractivity contribution is 0.284. The number of hydrogen-bond acceptors (Lipinski definition) is 4. The zero-order valence-corrected chi connectivity index (χ0v) is 12.6. The van der Waals surface area contributed by atoms with Crippen molar-refractivity contribution in [2.24, 2.45) is 0 Å². The summed E-state index contributed by atoms with van der Waals surface area (Å²) in [5.74, 6) is 2.03. The molecule has 2 rings (SSSR count). The van der Waals surface area contributed by atoms with Crippen LogP contribution in [0.5, 0.6) is 0 Å². The smallest absolute Gasteiger partial charge is 0.118 e. The molecule has 0 saturated carbocycles. The number of furan rings is 2. The normalized spacial score (nSPS) is 11.4. The van der Waals surface area contributed by atoms with Crippen molar-refractivity contribution in [2.45, 2.75) is 39.9 Å². The van der Waals surface area contributed by atoms with Crippen molar-refractivity contribution in [1.29, 1.82) is 0 Å². The standard InChI is InChI=1S/C16H24N2O2/c1-4-6-17-9-15-8-16(20-13(15)2)11-18(3)10-14-5-7-19-12-14/h5,7-8,12,17H,4,6,9-11H2,1-3H3. The molecule has 20 heavy (non-hydrogen) atoms. The molecular weight excluding hydrogens is 252 g/mol. The molecule has 0 atom stereocenters. The molecule has 0 fully saturated rings. The second-order valence-corrected chi connectivity index (χ2v) is 5.27. The average Bonchev–Trinajstić information content (AvgIpc) is 3.00. The molecule has 0 aromatic carbocycles. The Morgan fingerprint density at radius 1 is 1.30 bits per heavy atom. The molecule has 0 spiro atoms. The van der Waals surface area contributed by atoms with E-state index in [1.54, 1.807) is 12.5 Å².